The van der Waals surface area contributed by atoms with Crippen LogP contribution >= 0.6 is 0 Å². The average Bonchev–Trinajstić information content (AvgIpc) is 3.46. The molecule has 0 saturated carbocycles. The number of carbonyl (C=O) groups excluding carboxylic acids is 2. The molecule has 2 aromatic carbocycles. The van der Waals surface area contributed by atoms with Crippen molar-refractivity contribution in [3.63, 3.8) is 0 Å². The Balaban J connectivity index is 1.86. The number of halogens is 2. The van der Waals surface area contributed by atoms with Crippen LogP contribution in [0.3, 0.4) is 0 Å². The van der Waals surface area contributed by atoms with Gasteiger partial charge in [0.2, 0.25) is 15.9 Å². The van der Waals surface area contributed by atoms with Gasteiger partial charge in [-0.2, -0.15) is 4.31 Å². The Morgan fingerprint density at radius 2 is 1.52 bits per heavy atom. The molecule has 1 saturated heterocycles. The monoisotopic (exact) mass is 607 g/mol. The molecule has 0 unspecified atom stereocenters. The molecule has 1 heterocycles. The first-order valence-corrected chi connectivity index (χ1v) is 16.0. The Kier molecular flexibility index (Phi) is 11.6. The van der Waals surface area contributed by atoms with Crippen LogP contribution in [0.25, 0.3) is 0 Å². The van der Waals surface area contributed by atoms with Crippen molar-refractivity contribution in [2.75, 3.05) is 19.6 Å². The van der Waals surface area contributed by atoms with Crippen LogP contribution in [0.15, 0.2) is 47.4 Å². The first-order valence-electron chi connectivity index (χ1n) is 14.5. The second kappa shape index (κ2) is 14.5. The van der Waals surface area contributed by atoms with Crippen molar-refractivity contribution in [3.8, 4) is 0 Å². The van der Waals surface area contributed by atoms with Gasteiger partial charge in [0.25, 0.3) is 5.91 Å². The highest BCUT2D eigenvalue weighted by Gasteiger charge is 2.37. The van der Waals surface area contributed by atoms with E-state index < -0.39 is 51.5 Å². The topological polar surface area (TPSA) is 116 Å². The predicted octanol–water partition coefficient (Wildman–Crippen LogP) is 4.13. The van der Waals surface area contributed by atoms with E-state index in [1.54, 1.807) is 6.92 Å². The largest absolute Gasteiger partial charge is 0.391 e. The van der Waals surface area contributed by atoms with Gasteiger partial charge in [-0.15, -0.1) is 0 Å². The van der Waals surface area contributed by atoms with Gasteiger partial charge in [0.1, 0.15) is 11.6 Å². The van der Waals surface area contributed by atoms with Crippen molar-refractivity contribution in [2.45, 2.75) is 70.9 Å². The molecule has 4 atom stereocenters. The van der Waals surface area contributed by atoms with Crippen LogP contribution in [-0.2, 0) is 21.2 Å². The average molecular weight is 608 g/mol. The van der Waals surface area contributed by atoms with E-state index in [1.165, 1.54) is 28.6 Å². The lowest BCUT2D eigenvalue weighted by atomic mass is 9.77. The van der Waals surface area contributed by atoms with Gasteiger partial charge in [-0.3, -0.25) is 9.59 Å². The number of sulfonamides is 1. The number of aliphatic hydroxyl groups is 1. The summed E-state index contributed by atoms with van der Waals surface area (Å²) in [5, 5.41) is 17.2. The zero-order valence-electron chi connectivity index (χ0n) is 24.9. The minimum absolute atomic E-state index is 0.0774. The van der Waals surface area contributed by atoms with Gasteiger partial charge >= 0.3 is 0 Å². The van der Waals surface area contributed by atoms with E-state index in [1.807, 2.05) is 27.7 Å². The zero-order valence-corrected chi connectivity index (χ0v) is 25.8. The molecule has 2 amide bonds. The van der Waals surface area contributed by atoms with Crippen molar-refractivity contribution >= 4 is 21.8 Å². The van der Waals surface area contributed by atoms with E-state index in [2.05, 4.69) is 10.6 Å². The molecule has 232 valence electrons. The van der Waals surface area contributed by atoms with Gasteiger partial charge in [-0.05, 0) is 79.0 Å². The third-order valence-corrected chi connectivity index (χ3v) is 9.65. The molecule has 0 radical (unpaired) electrons. The van der Waals surface area contributed by atoms with Crippen LogP contribution in [0.4, 0.5) is 8.78 Å². The van der Waals surface area contributed by atoms with Crippen LogP contribution in [-0.4, -0.2) is 61.4 Å². The Morgan fingerprint density at radius 3 is 2.05 bits per heavy atom. The predicted molar refractivity (Wildman–Crippen MR) is 157 cm³/mol. The van der Waals surface area contributed by atoms with E-state index >= 15 is 0 Å². The first-order chi connectivity index (χ1) is 19.7. The Morgan fingerprint density at radius 1 is 0.952 bits per heavy atom. The molecule has 3 rings (SSSR count). The van der Waals surface area contributed by atoms with Crippen LogP contribution in [0.2, 0.25) is 0 Å². The maximum Gasteiger partial charge on any atom is 0.251 e. The molecule has 1 aliphatic heterocycles. The second-order valence-electron chi connectivity index (χ2n) is 12.0. The Bertz CT molecular complexity index is 1310. The van der Waals surface area contributed by atoms with Crippen molar-refractivity contribution < 1.29 is 31.9 Å². The third-order valence-electron chi connectivity index (χ3n) is 7.74. The normalized spacial score (nSPS) is 17.2. The number of amides is 2. The summed E-state index contributed by atoms with van der Waals surface area (Å²) >= 11 is 0. The number of nitrogens with zero attached hydrogens (tertiary/aromatic N) is 1. The summed E-state index contributed by atoms with van der Waals surface area (Å²) in [7, 11) is -3.66. The Labute approximate surface area is 247 Å². The minimum atomic E-state index is -3.66. The molecule has 0 aromatic heterocycles. The highest BCUT2D eigenvalue weighted by atomic mass is 32.2. The minimum Gasteiger partial charge on any atom is -0.391 e. The zero-order chi connectivity index (χ0) is 31.2. The smallest absolute Gasteiger partial charge is 0.251 e. The quantitative estimate of drug-likeness (QED) is 0.317. The lowest BCUT2D eigenvalue weighted by Crippen LogP contribution is -2.51. The van der Waals surface area contributed by atoms with Crippen molar-refractivity contribution in [3.05, 3.63) is 65.2 Å². The molecule has 8 nitrogen and oxygen atoms in total. The molecule has 1 fully saturated rings. The number of hydrogen-bond donors (Lipinski definition) is 3. The standard InChI is InChI=1S/C31H43F2N3O5S/c1-19(2)18-34-31(39)28(20(3)4)21(5)29(37)27(16-22-14-24(32)17-25(33)15-22)35-30(38)23-8-10-26(11-9-23)42(40,41)36-12-6-7-13-36/h8-11,14-15,17,19-21,27-29,37H,6-7,12-13,16,18H2,1-5H3,(H,34,39)(H,35,38)/t21-,27+,28-,29+/m1/s1. The molecule has 0 aliphatic carbocycles. The number of hydrogen-bond acceptors (Lipinski definition) is 5. The van der Waals surface area contributed by atoms with E-state index in [9.17, 15) is 31.9 Å². The summed E-state index contributed by atoms with van der Waals surface area (Å²) in [5.74, 6) is -3.54. The van der Waals surface area contributed by atoms with Gasteiger partial charge < -0.3 is 15.7 Å². The Hall–Kier alpha value is -2.89. The molecule has 11 heteroatoms. The number of aliphatic hydroxyl groups excluding tert-OH is 1. The lowest BCUT2D eigenvalue weighted by molar-refractivity contribution is -0.130. The summed E-state index contributed by atoms with van der Waals surface area (Å²) in [6, 6.07) is 7.51. The number of benzene rings is 2. The van der Waals surface area contributed by atoms with E-state index in [0.29, 0.717) is 19.6 Å². The third kappa shape index (κ3) is 8.58. The fraction of sp³-hybridized carbons (Fsp3) is 0.548. The number of nitrogens with one attached hydrogen (secondary N) is 2. The first kappa shape index (κ1) is 33.6. The summed E-state index contributed by atoms with van der Waals surface area (Å²) in [5.41, 5.74) is 0.377. The fourth-order valence-corrected chi connectivity index (χ4v) is 7.01. The number of rotatable bonds is 13. The summed E-state index contributed by atoms with van der Waals surface area (Å²) in [6.45, 7) is 10.8. The fourth-order valence-electron chi connectivity index (χ4n) is 5.50. The van der Waals surface area contributed by atoms with Crippen LogP contribution in [0, 0.1) is 35.3 Å². The van der Waals surface area contributed by atoms with Gasteiger partial charge in [-0.1, -0.05) is 34.6 Å². The molecule has 3 N–H and O–H groups in total. The maximum atomic E-state index is 14.0. The van der Waals surface area contributed by atoms with Gasteiger partial charge in [0, 0.05) is 37.2 Å². The summed E-state index contributed by atoms with van der Waals surface area (Å²) in [4.78, 5) is 26.5. The summed E-state index contributed by atoms with van der Waals surface area (Å²) in [6.07, 6.45) is 0.237. The molecule has 0 spiro atoms. The molecule has 1 aliphatic rings. The molecule has 42 heavy (non-hydrogen) atoms. The van der Waals surface area contributed by atoms with E-state index in [0.717, 1.165) is 31.0 Å². The molecule has 2 aromatic rings. The number of carbonyl (C=O) groups is 2. The van der Waals surface area contributed by atoms with E-state index in [4.69, 9.17) is 0 Å². The molecular weight excluding hydrogens is 564 g/mol. The maximum absolute atomic E-state index is 14.0. The van der Waals surface area contributed by atoms with Crippen molar-refractivity contribution in [1.82, 2.24) is 14.9 Å². The molecule has 0 bridgehead atoms. The lowest BCUT2D eigenvalue weighted by Gasteiger charge is -2.35. The van der Waals surface area contributed by atoms with Crippen LogP contribution < -0.4 is 10.6 Å². The van der Waals surface area contributed by atoms with Crippen LogP contribution in [0.1, 0.15) is 63.4 Å². The summed E-state index contributed by atoms with van der Waals surface area (Å²) < 4.78 is 55.2. The highest BCUT2D eigenvalue weighted by Crippen LogP contribution is 2.28. The van der Waals surface area contributed by atoms with Crippen molar-refractivity contribution in [2.24, 2.45) is 23.7 Å². The highest BCUT2D eigenvalue weighted by molar-refractivity contribution is 7.89. The van der Waals surface area contributed by atoms with Gasteiger partial charge in [0.15, 0.2) is 0 Å². The SMILES string of the molecule is CC(C)CNC(=O)[C@H](C(C)C)[C@@H](C)[C@H](O)[C@H](Cc1cc(F)cc(F)c1)NC(=O)c1ccc(S(=O)(=O)N2CCCC2)cc1. The van der Waals surface area contributed by atoms with Gasteiger partial charge in [0.05, 0.1) is 17.0 Å². The van der Waals surface area contributed by atoms with Crippen molar-refractivity contribution in [1.29, 1.82) is 0 Å². The van der Waals surface area contributed by atoms with E-state index in [-0.39, 0.29) is 40.2 Å². The molecular formula is C31H43F2N3O5S. The second-order valence-corrected chi connectivity index (χ2v) is 13.9. The van der Waals surface area contributed by atoms with Crippen LogP contribution in [0.5, 0.6) is 0 Å². The van der Waals surface area contributed by atoms with Gasteiger partial charge in [-0.25, -0.2) is 17.2 Å².